The molecule has 0 saturated carbocycles. The molecular weight excluding hydrogens is 370 g/mol. The summed E-state index contributed by atoms with van der Waals surface area (Å²) in [5, 5.41) is 2.79. The number of hydrogen-bond acceptors (Lipinski definition) is 5. The Labute approximate surface area is 171 Å². The van der Waals surface area contributed by atoms with Crippen LogP contribution in [0.4, 0.5) is 5.69 Å². The molecular formula is C23H27NO5. The fourth-order valence-electron chi connectivity index (χ4n) is 2.32. The van der Waals surface area contributed by atoms with Gasteiger partial charge >= 0.3 is 5.97 Å². The average Bonchev–Trinajstić information content (AvgIpc) is 2.66. The molecule has 2 aromatic rings. The number of hydrogen-bond donors (Lipinski definition) is 1. The van der Waals surface area contributed by atoms with Crippen LogP contribution in [0.5, 0.6) is 5.75 Å². The van der Waals surface area contributed by atoms with Crippen LogP contribution < -0.4 is 10.1 Å². The summed E-state index contributed by atoms with van der Waals surface area (Å²) in [7, 11) is 0. The summed E-state index contributed by atoms with van der Waals surface area (Å²) in [5.74, 6) is -0.238. The summed E-state index contributed by atoms with van der Waals surface area (Å²) >= 11 is 0. The summed E-state index contributed by atoms with van der Waals surface area (Å²) in [6, 6.07) is 14.0. The minimum Gasteiger partial charge on any atom is -0.493 e. The van der Waals surface area contributed by atoms with E-state index in [0.29, 0.717) is 17.0 Å². The van der Waals surface area contributed by atoms with Gasteiger partial charge in [-0.05, 0) is 48.9 Å². The zero-order chi connectivity index (χ0) is 21.4. The third kappa shape index (κ3) is 7.41. The second kappa shape index (κ2) is 9.87. The van der Waals surface area contributed by atoms with Gasteiger partial charge in [0.1, 0.15) is 5.75 Å². The van der Waals surface area contributed by atoms with E-state index in [2.05, 4.69) is 5.32 Å². The van der Waals surface area contributed by atoms with Crippen LogP contribution in [0, 0.1) is 12.3 Å². The fourth-order valence-corrected chi connectivity index (χ4v) is 2.32. The van der Waals surface area contributed by atoms with Gasteiger partial charge in [0.2, 0.25) is 5.91 Å². The van der Waals surface area contributed by atoms with Gasteiger partial charge in [0, 0.05) is 16.7 Å². The molecule has 0 spiro atoms. The van der Waals surface area contributed by atoms with Crippen LogP contribution in [0.2, 0.25) is 0 Å². The number of esters is 1. The second-order valence-corrected chi connectivity index (χ2v) is 7.78. The number of benzene rings is 2. The van der Waals surface area contributed by atoms with Gasteiger partial charge in [-0.3, -0.25) is 14.4 Å². The maximum Gasteiger partial charge on any atom is 0.309 e. The SMILES string of the molecule is Cc1cccc(OCCC(=O)OCC(=O)c2ccc(NC(=O)C(C)(C)C)cc2)c1. The minimum absolute atomic E-state index is 0.0546. The highest BCUT2D eigenvalue weighted by molar-refractivity contribution is 5.99. The summed E-state index contributed by atoms with van der Waals surface area (Å²) in [4.78, 5) is 36.0. The van der Waals surface area contributed by atoms with E-state index in [4.69, 9.17) is 9.47 Å². The number of amides is 1. The van der Waals surface area contributed by atoms with Crippen LogP contribution in [0.15, 0.2) is 48.5 Å². The molecule has 0 heterocycles. The number of aryl methyl sites for hydroxylation is 1. The van der Waals surface area contributed by atoms with E-state index in [0.717, 1.165) is 5.56 Å². The van der Waals surface area contributed by atoms with E-state index in [-0.39, 0.29) is 31.3 Å². The van der Waals surface area contributed by atoms with Crippen LogP contribution >= 0.6 is 0 Å². The summed E-state index contributed by atoms with van der Waals surface area (Å²) in [6.45, 7) is 7.26. The summed E-state index contributed by atoms with van der Waals surface area (Å²) in [6.07, 6.45) is 0.0546. The highest BCUT2D eigenvalue weighted by Crippen LogP contribution is 2.18. The second-order valence-electron chi connectivity index (χ2n) is 7.78. The number of ketones is 1. The Balaban J connectivity index is 1.75. The molecule has 6 heteroatoms. The largest absolute Gasteiger partial charge is 0.493 e. The van der Waals surface area contributed by atoms with Crippen molar-refractivity contribution < 1.29 is 23.9 Å². The van der Waals surface area contributed by atoms with E-state index in [1.165, 1.54) is 0 Å². The van der Waals surface area contributed by atoms with Crippen LogP contribution in [-0.2, 0) is 14.3 Å². The van der Waals surface area contributed by atoms with Gasteiger partial charge in [-0.15, -0.1) is 0 Å². The number of carbonyl (C=O) groups excluding carboxylic acids is 3. The van der Waals surface area contributed by atoms with Crippen molar-refractivity contribution in [1.29, 1.82) is 0 Å². The number of anilines is 1. The van der Waals surface area contributed by atoms with Crippen molar-refractivity contribution in [1.82, 2.24) is 0 Å². The molecule has 0 aliphatic rings. The van der Waals surface area contributed by atoms with E-state index < -0.39 is 11.4 Å². The first-order valence-electron chi connectivity index (χ1n) is 9.45. The quantitative estimate of drug-likeness (QED) is 0.534. The lowest BCUT2D eigenvalue weighted by atomic mass is 9.95. The Morgan fingerprint density at radius 1 is 1.00 bits per heavy atom. The third-order valence-corrected chi connectivity index (χ3v) is 4.07. The standard InChI is InChI=1S/C23H27NO5/c1-16-6-5-7-19(14-16)28-13-12-21(26)29-15-20(25)17-8-10-18(11-9-17)24-22(27)23(2,3)4/h5-11,14H,12-13,15H2,1-4H3,(H,24,27). The summed E-state index contributed by atoms with van der Waals surface area (Å²) < 4.78 is 10.5. The first-order chi connectivity index (χ1) is 13.6. The molecule has 0 aromatic heterocycles. The predicted octanol–water partition coefficient (Wildman–Crippen LogP) is 4.17. The van der Waals surface area contributed by atoms with E-state index in [1.54, 1.807) is 24.3 Å². The lowest BCUT2D eigenvalue weighted by Gasteiger charge is -2.17. The Morgan fingerprint density at radius 3 is 2.31 bits per heavy atom. The van der Waals surface area contributed by atoms with Gasteiger partial charge < -0.3 is 14.8 Å². The fraction of sp³-hybridized carbons (Fsp3) is 0.348. The predicted molar refractivity (Wildman–Crippen MR) is 111 cm³/mol. The van der Waals surface area contributed by atoms with E-state index in [1.807, 2.05) is 52.0 Å². The van der Waals surface area contributed by atoms with Gasteiger partial charge in [0.05, 0.1) is 13.0 Å². The lowest BCUT2D eigenvalue weighted by Crippen LogP contribution is -2.27. The van der Waals surface area contributed by atoms with Crippen molar-refractivity contribution in [2.75, 3.05) is 18.5 Å². The monoisotopic (exact) mass is 397 g/mol. The molecule has 0 unspecified atom stereocenters. The molecule has 0 atom stereocenters. The van der Waals surface area contributed by atoms with Gasteiger partial charge in [0.15, 0.2) is 12.4 Å². The Kier molecular flexibility index (Phi) is 7.53. The van der Waals surface area contributed by atoms with Gasteiger partial charge in [-0.25, -0.2) is 0 Å². The van der Waals surface area contributed by atoms with Gasteiger partial charge in [-0.2, -0.15) is 0 Å². The lowest BCUT2D eigenvalue weighted by molar-refractivity contribution is -0.143. The molecule has 0 fully saturated rings. The number of carbonyl (C=O) groups is 3. The molecule has 1 amide bonds. The van der Waals surface area contributed by atoms with Crippen molar-refractivity contribution in [3.8, 4) is 5.75 Å². The van der Waals surface area contributed by atoms with E-state index >= 15 is 0 Å². The highest BCUT2D eigenvalue weighted by Gasteiger charge is 2.21. The Bertz CT molecular complexity index is 866. The molecule has 1 N–H and O–H groups in total. The normalized spacial score (nSPS) is 10.9. The summed E-state index contributed by atoms with van der Waals surface area (Å²) in [5.41, 5.74) is 1.57. The van der Waals surface area contributed by atoms with Crippen molar-refractivity contribution in [3.63, 3.8) is 0 Å². The molecule has 2 aromatic carbocycles. The zero-order valence-electron chi connectivity index (χ0n) is 17.3. The van der Waals surface area contributed by atoms with Crippen LogP contribution in [0.1, 0.15) is 43.1 Å². The molecule has 2 rings (SSSR count). The molecule has 0 aliphatic heterocycles. The van der Waals surface area contributed by atoms with Gasteiger partial charge in [-0.1, -0.05) is 32.9 Å². The number of rotatable bonds is 8. The maximum absolute atomic E-state index is 12.2. The van der Waals surface area contributed by atoms with Crippen molar-refractivity contribution in [2.45, 2.75) is 34.1 Å². The van der Waals surface area contributed by atoms with Crippen LogP contribution in [0.3, 0.4) is 0 Å². The molecule has 6 nitrogen and oxygen atoms in total. The topological polar surface area (TPSA) is 81.7 Å². The smallest absolute Gasteiger partial charge is 0.309 e. The van der Waals surface area contributed by atoms with Gasteiger partial charge in [0.25, 0.3) is 0 Å². The third-order valence-electron chi connectivity index (χ3n) is 4.07. The molecule has 0 saturated heterocycles. The number of nitrogens with one attached hydrogen (secondary N) is 1. The molecule has 29 heavy (non-hydrogen) atoms. The Morgan fingerprint density at radius 2 is 1.69 bits per heavy atom. The minimum atomic E-state index is -0.508. The molecule has 154 valence electrons. The maximum atomic E-state index is 12.2. The molecule has 0 aliphatic carbocycles. The van der Waals surface area contributed by atoms with Crippen molar-refractivity contribution in [3.05, 3.63) is 59.7 Å². The van der Waals surface area contributed by atoms with E-state index in [9.17, 15) is 14.4 Å². The molecule has 0 bridgehead atoms. The molecule has 0 radical (unpaired) electrons. The van der Waals surface area contributed by atoms with Crippen molar-refractivity contribution in [2.24, 2.45) is 5.41 Å². The first kappa shape index (κ1) is 22.1. The number of Topliss-reactive ketones (excluding diaryl/α,β-unsaturated/α-hetero) is 1. The highest BCUT2D eigenvalue weighted by atomic mass is 16.5. The van der Waals surface area contributed by atoms with Crippen LogP contribution in [-0.4, -0.2) is 30.9 Å². The Hall–Kier alpha value is -3.15. The zero-order valence-corrected chi connectivity index (χ0v) is 17.3. The number of ether oxygens (including phenoxy) is 2. The average molecular weight is 397 g/mol. The van der Waals surface area contributed by atoms with Crippen molar-refractivity contribution >= 4 is 23.3 Å². The van der Waals surface area contributed by atoms with Crippen LogP contribution in [0.25, 0.3) is 0 Å². The first-order valence-corrected chi connectivity index (χ1v) is 9.45.